The lowest BCUT2D eigenvalue weighted by molar-refractivity contribution is 0.411. The predicted octanol–water partition coefficient (Wildman–Crippen LogP) is 3.04. The van der Waals surface area contributed by atoms with Crippen molar-refractivity contribution >= 4 is 5.82 Å². The molecule has 23 heavy (non-hydrogen) atoms. The fourth-order valence-corrected chi connectivity index (χ4v) is 2.32. The van der Waals surface area contributed by atoms with Crippen molar-refractivity contribution in [2.75, 3.05) is 12.8 Å². The maximum absolute atomic E-state index is 5.81. The lowest BCUT2D eigenvalue weighted by Gasteiger charge is -2.10. The maximum atomic E-state index is 5.81. The first-order chi connectivity index (χ1) is 11.1. The lowest BCUT2D eigenvalue weighted by Crippen LogP contribution is -2.03. The molecule has 0 radical (unpaired) electrons. The van der Waals surface area contributed by atoms with Gasteiger partial charge in [0.1, 0.15) is 17.3 Å². The van der Waals surface area contributed by atoms with E-state index in [1.165, 1.54) is 0 Å². The Morgan fingerprint density at radius 3 is 2.65 bits per heavy atom. The first kappa shape index (κ1) is 15.0. The molecule has 0 saturated heterocycles. The van der Waals surface area contributed by atoms with Crippen LogP contribution in [0, 0.1) is 0 Å². The Hall–Kier alpha value is -2.89. The number of methoxy groups -OCH3 is 1. The molecule has 0 fully saturated rings. The quantitative estimate of drug-likeness (QED) is 0.801. The van der Waals surface area contributed by atoms with E-state index in [9.17, 15) is 0 Å². The summed E-state index contributed by atoms with van der Waals surface area (Å²) in [7, 11) is 1.64. The molecule has 0 aliphatic heterocycles. The van der Waals surface area contributed by atoms with Crippen molar-refractivity contribution in [1.82, 2.24) is 19.7 Å². The first-order valence-corrected chi connectivity index (χ1v) is 7.42. The van der Waals surface area contributed by atoms with E-state index in [1.54, 1.807) is 24.1 Å². The number of benzene rings is 1. The van der Waals surface area contributed by atoms with Crippen molar-refractivity contribution in [1.29, 1.82) is 0 Å². The number of ether oxygens (including phenoxy) is 1. The van der Waals surface area contributed by atoms with Gasteiger partial charge >= 0.3 is 0 Å². The van der Waals surface area contributed by atoms with Crippen LogP contribution in [0.4, 0.5) is 5.82 Å². The van der Waals surface area contributed by atoms with E-state index in [4.69, 9.17) is 10.5 Å². The molecule has 0 amide bonds. The zero-order chi connectivity index (χ0) is 16.4. The van der Waals surface area contributed by atoms with Crippen molar-refractivity contribution in [3.8, 4) is 22.8 Å². The summed E-state index contributed by atoms with van der Waals surface area (Å²) in [4.78, 5) is 8.72. The molecule has 0 aliphatic carbocycles. The topological polar surface area (TPSA) is 78.8 Å². The lowest BCUT2D eigenvalue weighted by atomic mass is 10.2. The molecule has 2 N–H and O–H groups in total. The molecule has 118 valence electrons. The third kappa shape index (κ3) is 2.88. The second kappa shape index (κ2) is 6.08. The molecular formula is C17H19N5O. The average molecular weight is 309 g/mol. The number of anilines is 1. The highest BCUT2D eigenvalue weighted by atomic mass is 16.5. The fourth-order valence-electron chi connectivity index (χ4n) is 2.32. The summed E-state index contributed by atoms with van der Waals surface area (Å²) in [6, 6.07) is 11.4. The second-order valence-electron chi connectivity index (χ2n) is 5.50. The van der Waals surface area contributed by atoms with Crippen LogP contribution in [0.5, 0.6) is 5.75 Å². The van der Waals surface area contributed by atoms with Crippen LogP contribution < -0.4 is 10.5 Å². The molecule has 0 aliphatic rings. The third-order valence-electron chi connectivity index (χ3n) is 3.49. The molecule has 6 heteroatoms. The van der Waals surface area contributed by atoms with Crippen LogP contribution in [0.1, 0.15) is 25.6 Å². The van der Waals surface area contributed by atoms with Crippen LogP contribution in [0.25, 0.3) is 17.1 Å². The van der Waals surface area contributed by atoms with Gasteiger partial charge in [0.05, 0.1) is 7.11 Å². The minimum atomic E-state index is 0.212. The number of nitrogens with zero attached hydrogens (tertiary/aromatic N) is 4. The first-order valence-electron chi connectivity index (χ1n) is 7.42. The minimum absolute atomic E-state index is 0.212. The summed E-state index contributed by atoms with van der Waals surface area (Å²) >= 11 is 0. The average Bonchev–Trinajstić information content (AvgIpc) is 3.00. The molecule has 1 aromatic carbocycles. The molecule has 0 unspecified atom stereocenters. The zero-order valence-electron chi connectivity index (χ0n) is 13.4. The summed E-state index contributed by atoms with van der Waals surface area (Å²) in [5.41, 5.74) is 7.51. The van der Waals surface area contributed by atoms with E-state index in [2.05, 4.69) is 28.9 Å². The molecule has 2 aromatic heterocycles. The van der Waals surface area contributed by atoms with Gasteiger partial charge in [-0.05, 0) is 24.3 Å². The summed E-state index contributed by atoms with van der Waals surface area (Å²) in [5, 5.41) is 4.66. The highest BCUT2D eigenvalue weighted by molar-refractivity contribution is 5.62. The number of nitrogens with two attached hydrogens (primary N) is 1. The molecule has 0 bridgehead atoms. The van der Waals surface area contributed by atoms with Gasteiger partial charge < -0.3 is 10.5 Å². The molecule has 2 heterocycles. The van der Waals surface area contributed by atoms with Gasteiger partial charge in [0, 0.05) is 17.7 Å². The number of para-hydroxylation sites is 2. The predicted molar refractivity (Wildman–Crippen MR) is 89.6 cm³/mol. The van der Waals surface area contributed by atoms with E-state index >= 15 is 0 Å². The van der Waals surface area contributed by atoms with Gasteiger partial charge in [-0.1, -0.05) is 26.0 Å². The smallest absolute Gasteiger partial charge is 0.163 e. The van der Waals surface area contributed by atoms with Gasteiger partial charge in [-0.15, -0.1) is 0 Å². The van der Waals surface area contributed by atoms with Crippen LogP contribution in [0.15, 0.2) is 42.6 Å². The molecule has 3 rings (SSSR count). The summed E-state index contributed by atoms with van der Waals surface area (Å²) in [5.74, 6) is 2.87. The van der Waals surface area contributed by atoms with E-state index in [0.717, 1.165) is 22.8 Å². The Bertz CT molecular complexity index is 825. The number of rotatable bonds is 4. The summed E-state index contributed by atoms with van der Waals surface area (Å²) < 4.78 is 7.25. The number of nitrogen functional groups attached to an aromatic ring is 1. The molecule has 6 nitrogen and oxygen atoms in total. The standard InChI is InChI=1S/C17H19N5O/c1-11(2)16-20-17(12-8-9-19-15(18)10-12)22(21-16)13-6-4-5-7-14(13)23-3/h4-11H,1-3H3,(H2,18,19). The molecule has 3 aromatic rings. The molecule has 0 saturated carbocycles. The van der Waals surface area contributed by atoms with E-state index < -0.39 is 0 Å². The van der Waals surface area contributed by atoms with Gasteiger partial charge in [-0.25, -0.2) is 14.6 Å². The Kier molecular flexibility index (Phi) is 3.97. The van der Waals surface area contributed by atoms with E-state index in [-0.39, 0.29) is 5.92 Å². The summed E-state index contributed by atoms with van der Waals surface area (Å²) in [6.07, 6.45) is 1.67. The molecular weight excluding hydrogens is 290 g/mol. The van der Waals surface area contributed by atoms with Crippen LogP contribution >= 0.6 is 0 Å². The van der Waals surface area contributed by atoms with Gasteiger partial charge in [-0.2, -0.15) is 5.10 Å². The normalized spacial score (nSPS) is 11.0. The van der Waals surface area contributed by atoms with Crippen LogP contribution in [-0.4, -0.2) is 26.9 Å². The monoisotopic (exact) mass is 309 g/mol. The van der Waals surface area contributed by atoms with Crippen LogP contribution in [0.2, 0.25) is 0 Å². The maximum Gasteiger partial charge on any atom is 0.163 e. The van der Waals surface area contributed by atoms with Gasteiger partial charge in [-0.3, -0.25) is 0 Å². The van der Waals surface area contributed by atoms with Crippen molar-refractivity contribution in [3.63, 3.8) is 0 Å². The van der Waals surface area contributed by atoms with Gasteiger partial charge in [0.25, 0.3) is 0 Å². The van der Waals surface area contributed by atoms with E-state index in [1.807, 2.05) is 30.3 Å². The van der Waals surface area contributed by atoms with Crippen molar-refractivity contribution in [3.05, 3.63) is 48.4 Å². The highest BCUT2D eigenvalue weighted by Gasteiger charge is 2.18. The third-order valence-corrected chi connectivity index (χ3v) is 3.49. The highest BCUT2D eigenvalue weighted by Crippen LogP contribution is 2.28. The SMILES string of the molecule is COc1ccccc1-n1nc(C(C)C)nc1-c1ccnc(N)c1. The second-order valence-corrected chi connectivity index (χ2v) is 5.50. The number of hydrogen-bond donors (Lipinski definition) is 1. The zero-order valence-corrected chi connectivity index (χ0v) is 13.4. The van der Waals surface area contributed by atoms with Gasteiger partial charge in [0.15, 0.2) is 11.6 Å². The Balaban J connectivity index is 2.23. The number of hydrogen-bond acceptors (Lipinski definition) is 5. The summed E-state index contributed by atoms with van der Waals surface area (Å²) in [6.45, 7) is 4.12. The Morgan fingerprint density at radius 2 is 1.96 bits per heavy atom. The van der Waals surface area contributed by atoms with Crippen LogP contribution in [0.3, 0.4) is 0 Å². The van der Waals surface area contributed by atoms with Gasteiger partial charge in [0.2, 0.25) is 0 Å². The van der Waals surface area contributed by atoms with Crippen molar-refractivity contribution < 1.29 is 4.74 Å². The Labute approximate surface area is 135 Å². The van der Waals surface area contributed by atoms with Crippen molar-refractivity contribution in [2.45, 2.75) is 19.8 Å². The number of aromatic nitrogens is 4. The van der Waals surface area contributed by atoms with Crippen LogP contribution in [-0.2, 0) is 0 Å². The minimum Gasteiger partial charge on any atom is -0.494 e. The fraction of sp³-hybridized carbons (Fsp3) is 0.235. The Morgan fingerprint density at radius 1 is 1.17 bits per heavy atom. The molecule has 0 atom stereocenters. The number of pyridine rings is 1. The molecule has 0 spiro atoms. The van der Waals surface area contributed by atoms with E-state index in [0.29, 0.717) is 11.6 Å². The largest absolute Gasteiger partial charge is 0.494 e. The van der Waals surface area contributed by atoms with Crippen molar-refractivity contribution in [2.24, 2.45) is 0 Å².